The van der Waals surface area contributed by atoms with E-state index < -0.39 is 17.6 Å². The Kier molecular flexibility index (Phi) is 3.01. The molecule has 0 atom stereocenters. The number of nitrogens with zero attached hydrogens (tertiary/aromatic N) is 2. The van der Waals surface area contributed by atoms with Crippen molar-refractivity contribution in [2.24, 2.45) is 0 Å². The molecule has 1 amide bonds. The summed E-state index contributed by atoms with van der Waals surface area (Å²) in [6.07, 6.45) is -3.09. The largest absolute Gasteiger partial charge is 0.417 e. The van der Waals surface area contributed by atoms with Crippen molar-refractivity contribution in [2.75, 3.05) is 13.2 Å². The fourth-order valence-corrected chi connectivity index (χ4v) is 1.42. The van der Waals surface area contributed by atoms with Gasteiger partial charge in [0.15, 0.2) is 0 Å². The van der Waals surface area contributed by atoms with Gasteiger partial charge in [0, 0.05) is 6.20 Å². The maximum Gasteiger partial charge on any atom is 0.417 e. The molecule has 0 bridgehead atoms. The lowest BCUT2D eigenvalue weighted by Gasteiger charge is -2.13. The predicted octanol–water partition coefficient (Wildman–Crippen LogP) is 1.88. The summed E-state index contributed by atoms with van der Waals surface area (Å²) in [6, 6.07) is 1.88. The Bertz CT molecular complexity index is 411. The molecule has 0 aromatic carbocycles. The molecule has 1 aromatic heterocycles. The number of amides is 1. The zero-order valence-electron chi connectivity index (χ0n) is 8.70. The third-order valence-corrected chi connectivity index (χ3v) is 2.29. The molecule has 92 valence electrons. The van der Waals surface area contributed by atoms with E-state index in [1.165, 1.54) is 0 Å². The van der Waals surface area contributed by atoms with Gasteiger partial charge in [-0.1, -0.05) is 0 Å². The Morgan fingerprint density at radius 3 is 2.65 bits per heavy atom. The first-order valence-corrected chi connectivity index (χ1v) is 4.96. The molecule has 1 aliphatic heterocycles. The fourth-order valence-electron chi connectivity index (χ4n) is 1.42. The first-order valence-electron chi connectivity index (χ1n) is 4.96. The second-order valence-corrected chi connectivity index (χ2v) is 3.52. The van der Waals surface area contributed by atoms with Crippen LogP contribution >= 0.6 is 0 Å². The number of hydrogen-bond donors (Lipinski definition) is 0. The first-order chi connectivity index (χ1) is 7.98. The van der Waals surface area contributed by atoms with Crippen molar-refractivity contribution in [3.05, 3.63) is 29.6 Å². The zero-order chi connectivity index (χ0) is 12.5. The van der Waals surface area contributed by atoms with Gasteiger partial charge >= 0.3 is 6.18 Å². The summed E-state index contributed by atoms with van der Waals surface area (Å²) in [7, 11) is 0. The molecule has 0 unspecified atom stereocenters. The molecule has 2 heterocycles. The van der Waals surface area contributed by atoms with Crippen LogP contribution in [0.2, 0.25) is 0 Å². The van der Waals surface area contributed by atoms with E-state index in [1.54, 1.807) is 0 Å². The molecule has 1 aromatic rings. The molecule has 0 aliphatic carbocycles. The summed E-state index contributed by atoms with van der Waals surface area (Å²) >= 11 is 0. The molecule has 4 nitrogen and oxygen atoms in total. The van der Waals surface area contributed by atoms with Crippen molar-refractivity contribution in [2.45, 2.75) is 12.6 Å². The fraction of sp³-hybridized carbons (Fsp3) is 0.400. The Balaban J connectivity index is 2.15. The molecule has 0 radical (unpaired) electrons. The van der Waals surface area contributed by atoms with Crippen LogP contribution < -0.4 is 0 Å². The van der Waals surface area contributed by atoms with Gasteiger partial charge < -0.3 is 0 Å². The quantitative estimate of drug-likeness (QED) is 0.759. The van der Waals surface area contributed by atoms with Gasteiger partial charge in [-0.3, -0.25) is 14.6 Å². The van der Waals surface area contributed by atoms with Crippen molar-refractivity contribution in [1.82, 2.24) is 10.0 Å². The van der Waals surface area contributed by atoms with E-state index in [1.807, 2.05) is 0 Å². The number of halogens is 3. The lowest BCUT2D eigenvalue weighted by Crippen LogP contribution is -2.27. The molecule has 0 spiro atoms. The number of carbonyl (C=O) groups is 1. The van der Waals surface area contributed by atoms with E-state index in [-0.39, 0.29) is 5.69 Å². The topological polar surface area (TPSA) is 42.4 Å². The maximum absolute atomic E-state index is 12.3. The number of rotatable bonds is 1. The van der Waals surface area contributed by atoms with Crippen LogP contribution in [0.4, 0.5) is 13.2 Å². The van der Waals surface area contributed by atoms with Crippen LogP contribution in [0.1, 0.15) is 22.5 Å². The minimum Gasteiger partial charge on any atom is -0.271 e. The average molecular weight is 246 g/mol. The van der Waals surface area contributed by atoms with Crippen molar-refractivity contribution < 1.29 is 22.8 Å². The Hall–Kier alpha value is -1.63. The summed E-state index contributed by atoms with van der Waals surface area (Å²) < 4.78 is 36.8. The van der Waals surface area contributed by atoms with Gasteiger partial charge in [-0.15, -0.1) is 0 Å². The highest BCUT2D eigenvalue weighted by molar-refractivity contribution is 5.91. The van der Waals surface area contributed by atoms with E-state index in [2.05, 4.69) is 4.98 Å². The summed E-state index contributed by atoms with van der Waals surface area (Å²) in [6.45, 7) is 0.869. The average Bonchev–Trinajstić information content (AvgIpc) is 2.80. The molecular formula is C10H9F3N2O2. The van der Waals surface area contributed by atoms with Crippen LogP contribution in [0.5, 0.6) is 0 Å². The van der Waals surface area contributed by atoms with Crippen LogP contribution in [-0.4, -0.2) is 29.1 Å². The zero-order valence-corrected chi connectivity index (χ0v) is 8.70. The standard InChI is InChI=1S/C10H9F3N2O2/c11-10(12,13)7-2-3-8(14-6-7)9(16)15-4-1-5-17-15/h2-3,6H,1,4-5H2. The number of hydrogen-bond acceptors (Lipinski definition) is 3. The second-order valence-electron chi connectivity index (χ2n) is 3.52. The number of carbonyl (C=O) groups excluding carboxylic acids is 1. The molecule has 1 saturated heterocycles. The lowest BCUT2D eigenvalue weighted by molar-refractivity contribution is -0.137. The van der Waals surface area contributed by atoms with Crippen LogP contribution in [0.15, 0.2) is 18.3 Å². The smallest absolute Gasteiger partial charge is 0.271 e. The van der Waals surface area contributed by atoms with E-state index in [4.69, 9.17) is 4.84 Å². The third kappa shape index (κ3) is 2.55. The molecule has 7 heteroatoms. The minimum absolute atomic E-state index is 0.0556. The third-order valence-electron chi connectivity index (χ3n) is 2.29. The van der Waals surface area contributed by atoms with Crippen LogP contribution in [0.3, 0.4) is 0 Å². The summed E-state index contributed by atoms with van der Waals surface area (Å²) in [5.41, 5.74) is -0.934. The summed E-state index contributed by atoms with van der Waals surface area (Å²) in [5.74, 6) is -0.517. The van der Waals surface area contributed by atoms with E-state index in [9.17, 15) is 18.0 Å². The Labute approximate surface area is 95.0 Å². The Morgan fingerprint density at radius 2 is 2.18 bits per heavy atom. The van der Waals surface area contributed by atoms with E-state index in [0.29, 0.717) is 25.8 Å². The van der Waals surface area contributed by atoms with Gasteiger partial charge in [0.05, 0.1) is 18.7 Å². The predicted molar refractivity (Wildman–Crippen MR) is 50.8 cm³/mol. The number of pyridine rings is 1. The molecule has 0 saturated carbocycles. The van der Waals surface area contributed by atoms with Gasteiger partial charge in [0.2, 0.25) is 0 Å². The molecule has 1 aliphatic rings. The van der Waals surface area contributed by atoms with Crippen molar-refractivity contribution in [3.63, 3.8) is 0 Å². The molecule has 1 fully saturated rings. The Morgan fingerprint density at radius 1 is 1.41 bits per heavy atom. The highest BCUT2D eigenvalue weighted by atomic mass is 19.4. The lowest BCUT2D eigenvalue weighted by atomic mass is 10.2. The van der Waals surface area contributed by atoms with Crippen molar-refractivity contribution in [3.8, 4) is 0 Å². The second kappa shape index (κ2) is 4.33. The highest BCUT2D eigenvalue weighted by Crippen LogP contribution is 2.28. The van der Waals surface area contributed by atoms with E-state index in [0.717, 1.165) is 17.2 Å². The van der Waals surface area contributed by atoms with Gasteiger partial charge in [-0.05, 0) is 18.6 Å². The molecule has 0 N–H and O–H groups in total. The van der Waals surface area contributed by atoms with Crippen LogP contribution in [-0.2, 0) is 11.0 Å². The van der Waals surface area contributed by atoms with Crippen molar-refractivity contribution >= 4 is 5.91 Å². The van der Waals surface area contributed by atoms with Gasteiger partial charge in [0.25, 0.3) is 5.91 Å². The summed E-state index contributed by atoms with van der Waals surface area (Å²) in [5, 5.41) is 1.11. The number of alkyl halides is 3. The molecule has 17 heavy (non-hydrogen) atoms. The van der Waals surface area contributed by atoms with Gasteiger partial charge in [-0.25, -0.2) is 5.06 Å². The summed E-state index contributed by atoms with van der Waals surface area (Å²) in [4.78, 5) is 20.2. The monoisotopic (exact) mass is 246 g/mol. The van der Waals surface area contributed by atoms with Crippen molar-refractivity contribution in [1.29, 1.82) is 0 Å². The highest BCUT2D eigenvalue weighted by Gasteiger charge is 2.31. The van der Waals surface area contributed by atoms with E-state index >= 15 is 0 Å². The molecule has 2 rings (SSSR count). The van der Waals surface area contributed by atoms with Gasteiger partial charge in [0.1, 0.15) is 5.69 Å². The minimum atomic E-state index is -4.45. The van der Waals surface area contributed by atoms with Crippen LogP contribution in [0, 0.1) is 0 Å². The number of hydroxylamine groups is 2. The number of aromatic nitrogens is 1. The maximum atomic E-state index is 12.3. The van der Waals surface area contributed by atoms with Gasteiger partial charge in [-0.2, -0.15) is 13.2 Å². The SMILES string of the molecule is O=C(c1ccc(C(F)(F)F)cn1)N1CCCO1. The normalized spacial score (nSPS) is 16.3. The first kappa shape index (κ1) is 11.8. The van der Waals surface area contributed by atoms with Crippen LogP contribution in [0.25, 0.3) is 0 Å². The molecular weight excluding hydrogens is 237 g/mol.